The summed E-state index contributed by atoms with van der Waals surface area (Å²) in [5.74, 6) is 0.856. The zero-order valence-electron chi connectivity index (χ0n) is 13.8. The summed E-state index contributed by atoms with van der Waals surface area (Å²) in [7, 11) is 0. The van der Waals surface area contributed by atoms with Gasteiger partial charge in [-0.25, -0.2) is 0 Å². The van der Waals surface area contributed by atoms with Crippen molar-refractivity contribution in [2.45, 2.75) is 31.3 Å². The third-order valence-electron chi connectivity index (χ3n) is 5.40. The molecule has 6 nitrogen and oxygen atoms in total. The van der Waals surface area contributed by atoms with Crippen LogP contribution in [0, 0.1) is 5.92 Å². The fraction of sp³-hybridized carbons (Fsp3) is 0.611. The van der Waals surface area contributed by atoms with Gasteiger partial charge in [0.2, 0.25) is 5.91 Å². The van der Waals surface area contributed by atoms with E-state index >= 15 is 0 Å². The Hall–Kier alpha value is -1.95. The third kappa shape index (κ3) is 3.15. The molecule has 3 aliphatic rings. The summed E-state index contributed by atoms with van der Waals surface area (Å²) in [6.07, 6.45) is 7.35. The second kappa shape index (κ2) is 6.16. The highest BCUT2D eigenvalue weighted by atomic mass is 16.5. The van der Waals surface area contributed by atoms with Crippen molar-refractivity contribution >= 4 is 11.8 Å². The second-order valence-electron chi connectivity index (χ2n) is 7.22. The molecule has 3 heterocycles. The molecule has 0 radical (unpaired) electrons. The van der Waals surface area contributed by atoms with E-state index in [0.29, 0.717) is 31.1 Å². The van der Waals surface area contributed by atoms with Gasteiger partial charge in [-0.15, -0.1) is 0 Å². The van der Waals surface area contributed by atoms with E-state index in [4.69, 9.17) is 4.74 Å². The van der Waals surface area contributed by atoms with E-state index in [1.54, 1.807) is 24.5 Å². The molecule has 24 heavy (non-hydrogen) atoms. The normalized spacial score (nSPS) is 23.6. The molecule has 4 rings (SSSR count). The van der Waals surface area contributed by atoms with Gasteiger partial charge >= 0.3 is 0 Å². The lowest BCUT2D eigenvalue weighted by Crippen LogP contribution is -2.59. The van der Waals surface area contributed by atoms with Crippen molar-refractivity contribution < 1.29 is 14.3 Å². The summed E-state index contributed by atoms with van der Waals surface area (Å²) in [6, 6.07) is 3.50. The predicted molar refractivity (Wildman–Crippen MR) is 87.4 cm³/mol. The van der Waals surface area contributed by atoms with Crippen LogP contribution in [0.3, 0.4) is 0 Å². The first-order chi connectivity index (χ1) is 11.7. The number of carbonyl (C=O) groups is 2. The summed E-state index contributed by atoms with van der Waals surface area (Å²) in [4.78, 5) is 32.4. The first kappa shape index (κ1) is 15.6. The minimum Gasteiger partial charge on any atom is -0.363 e. The van der Waals surface area contributed by atoms with Crippen molar-refractivity contribution in [3.63, 3.8) is 0 Å². The van der Waals surface area contributed by atoms with Crippen molar-refractivity contribution in [3.05, 3.63) is 30.1 Å². The quantitative estimate of drug-likeness (QED) is 0.839. The Bertz CT molecular complexity index is 622. The maximum absolute atomic E-state index is 12.5. The number of pyridine rings is 1. The highest BCUT2D eigenvalue weighted by molar-refractivity contribution is 5.94. The molecule has 0 bridgehead atoms. The van der Waals surface area contributed by atoms with Gasteiger partial charge in [0, 0.05) is 44.1 Å². The van der Waals surface area contributed by atoms with Crippen molar-refractivity contribution in [2.24, 2.45) is 5.92 Å². The molecule has 1 aromatic rings. The van der Waals surface area contributed by atoms with Crippen LogP contribution in [0.1, 0.15) is 36.0 Å². The Kier molecular flexibility index (Phi) is 4.00. The molecule has 1 aromatic heterocycles. The van der Waals surface area contributed by atoms with E-state index in [0.717, 1.165) is 19.4 Å². The number of carbonyl (C=O) groups excluding carboxylic acids is 2. The first-order valence-corrected chi connectivity index (χ1v) is 8.76. The Morgan fingerprint density at radius 3 is 2.62 bits per heavy atom. The van der Waals surface area contributed by atoms with Crippen LogP contribution in [-0.4, -0.2) is 65.0 Å². The van der Waals surface area contributed by atoms with Gasteiger partial charge in [-0.2, -0.15) is 0 Å². The van der Waals surface area contributed by atoms with Crippen LogP contribution in [0.5, 0.6) is 0 Å². The lowest BCUT2D eigenvalue weighted by molar-refractivity contribution is -0.170. The second-order valence-corrected chi connectivity index (χ2v) is 7.22. The number of hydrogen-bond acceptors (Lipinski definition) is 4. The number of nitrogens with zero attached hydrogens (tertiary/aromatic N) is 3. The lowest BCUT2D eigenvalue weighted by atomic mass is 9.89. The maximum Gasteiger partial charge on any atom is 0.253 e. The van der Waals surface area contributed by atoms with Gasteiger partial charge in [-0.1, -0.05) is 0 Å². The van der Waals surface area contributed by atoms with Crippen molar-refractivity contribution in [3.8, 4) is 0 Å². The zero-order chi connectivity index (χ0) is 16.6. The van der Waals surface area contributed by atoms with Crippen LogP contribution >= 0.6 is 0 Å². The van der Waals surface area contributed by atoms with Crippen LogP contribution < -0.4 is 0 Å². The number of morpholine rings is 1. The molecule has 2 aliphatic heterocycles. The van der Waals surface area contributed by atoms with Crippen molar-refractivity contribution in [1.29, 1.82) is 0 Å². The van der Waals surface area contributed by atoms with Crippen LogP contribution in [0.15, 0.2) is 24.5 Å². The number of hydrogen-bond donors (Lipinski definition) is 0. The van der Waals surface area contributed by atoms with E-state index in [9.17, 15) is 9.59 Å². The predicted octanol–water partition coefficient (Wildman–Crippen LogP) is 1.33. The average molecular weight is 329 g/mol. The fourth-order valence-electron chi connectivity index (χ4n) is 3.66. The summed E-state index contributed by atoms with van der Waals surface area (Å²) < 4.78 is 5.95. The molecule has 2 amide bonds. The van der Waals surface area contributed by atoms with E-state index < -0.39 is 0 Å². The number of rotatable bonds is 3. The molecule has 128 valence electrons. The molecule has 6 heteroatoms. The number of aromatic nitrogens is 1. The monoisotopic (exact) mass is 329 g/mol. The smallest absolute Gasteiger partial charge is 0.253 e. The molecular weight excluding hydrogens is 306 g/mol. The molecular formula is C18H23N3O3. The zero-order valence-corrected chi connectivity index (χ0v) is 13.8. The van der Waals surface area contributed by atoms with E-state index in [1.807, 2.05) is 9.80 Å². The Labute approximate surface area is 141 Å². The lowest BCUT2D eigenvalue weighted by Gasteiger charge is -2.47. The summed E-state index contributed by atoms with van der Waals surface area (Å²) in [5.41, 5.74) is 0.411. The number of amides is 2. The topological polar surface area (TPSA) is 62.7 Å². The van der Waals surface area contributed by atoms with E-state index in [-0.39, 0.29) is 24.0 Å². The van der Waals surface area contributed by atoms with E-state index in [1.165, 1.54) is 12.8 Å². The van der Waals surface area contributed by atoms with Crippen LogP contribution in [0.4, 0.5) is 0 Å². The largest absolute Gasteiger partial charge is 0.363 e. The molecule has 0 aromatic carbocycles. The van der Waals surface area contributed by atoms with Gasteiger partial charge < -0.3 is 14.5 Å². The van der Waals surface area contributed by atoms with Gasteiger partial charge in [0.05, 0.1) is 5.60 Å². The number of likely N-dealkylation sites (tertiary alicyclic amines) is 1. The SMILES string of the molecule is O=C1COC2(CCN(C(=O)c3ccncc3)CC2)CN1CC1CC1. The molecule has 3 fully saturated rings. The highest BCUT2D eigenvalue weighted by Crippen LogP contribution is 2.35. The summed E-state index contributed by atoms with van der Waals surface area (Å²) in [6.45, 7) is 3.09. The van der Waals surface area contributed by atoms with Gasteiger partial charge in [0.25, 0.3) is 5.91 Å². The van der Waals surface area contributed by atoms with Gasteiger partial charge in [0.1, 0.15) is 6.61 Å². The molecule has 2 saturated heterocycles. The van der Waals surface area contributed by atoms with Crippen LogP contribution in [0.2, 0.25) is 0 Å². The minimum atomic E-state index is -0.266. The minimum absolute atomic E-state index is 0.0500. The number of ether oxygens (including phenoxy) is 1. The first-order valence-electron chi connectivity index (χ1n) is 8.76. The molecule has 1 saturated carbocycles. The summed E-state index contributed by atoms with van der Waals surface area (Å²) in [5, 5.41) is 0. The fourth-order valence-corrected chi connectivity index (χ4v) is 3.66. The van der Waals surface area contributed by atoms with E-state index in [2.05, 4.69) is 4.98 Å². The molecule has 1 spiro atoms. The Balaban J connectivity index is 1.38. The van der Waals surface area contributed by atoms with Crippen molar-refractivity contribution in [1.82, 2.24) is 14.8 Å². The Morgan fingerprint density at radius 1 is 1.25 bits per heavy atom. The standard InChI is InChI=1S/C18H23N3O3/c22-16-12-24-18(13-21(16)11-14-1-2-14)5-9-20(10-6-18)17(23)15-3-7-19-8-4-15/h3-4,7-8,14H,1-2,5-6,9-13H2. The number of piperidine rings is 1. The molecule has 0 unspecified atom stereocenters. The van der Waals surface area contributed by atoms with Gasteiger partial charge in [-0.05, 0) is 43.7 Å². The average Bonchev–Trinajstić information content (AvgIpc) is 3.43. The maximum atomic E-state index is 12.5. The van der Waals surface area contributed by atoms with Crippen molar-refractivity contribution in [2.75, 3.05) is 32.8 Å². The Morgan fingerprint density at radius 2 is 1.96 bits per heavy atom. The highest BCUT2D eigenvalue weighted by Gasteiger charge is 2.44. The van der Waals surface area contributed by atoms with Crippen LogP contribution in [-0.2, 0) is 9.53 Å². The summed E-state index contributed by atoms with van der Waals surface area (Å²) >= 11 is 0. The van der Waals surface area contributed by atoms with Gasteiger partial charge in [-0.3, -0.25) is 14.6 Å². The van der Waals surface area contributed by atoms with Crippen LogP contribution in [0.25, 0.3) is 0 Å². The molecule has 0 N–H and O–H groups in total. The van der Waals surface area contributed by atoms with Gasteiger partial charge in [0.15, 0.2) is 0 Å². The molecule has 1 aliphatic carbocycles. The molecule has 0 atom stereocenters. The third-order valence-corrected chi connectivity index (χ3v) is 5.40.